The Morgan fingerprint density at radius 2 is 1.75 bits per heavy atom. The van der Waals surface area contributed by atoms with Crippen LogP contribution in [0.15, 0.2) is 61.1 Å². The predicted octanol–water partition coefficient (Wildman–Crippen LogP) is 3.39. The molecule has 0 saturated carbocycles. The van der Waals surface area contributed by atoms with Crippen molar-refractivity contribution in [1.82, 2.24) is 15.0 Å². The number of hydrogen-bond acceptors (Lipinski definition) is 5. The van der Waals surface area contributed by atoms with Crippen molar-refractivity contribution in [2.24, 2.45) is 0 Å². The Labute approximate surface area is 143 Å². The quantitative estimate of drug-likeness (QED) is 0.744. The summed E-state index contributed by atoms with van der Waals surface area (Å²) in [7, 11) is 0. The Kier molecular flexibility index (Phi) is 4.98. The maximum absolute atomic E-state index is 12.3. The highest BCUT2D eigenvalue weighted by molar-refractivity contribution is 6.30. The molecule has 3 rings (SSSR count). The number of carbonyl (C=O) groups is 1. The van der Waals surface area contributed by atoms with Gasteiger partial charge in [0.15, 0.2) is 0 Å². The molecule has 0 aliphatic carbocycles. The molecule has 2 aromatic heterocycles. The van der Waals surface area contributed by atoms with Crippen LogP contribution in [0.5, 0.6) is 0 Å². The van der Waals surface area contributed by atoms with Crippen molar-refractivity contribution >= 4 is 29.1 Å². The van der Waals surface area contributed by atoms with E-state index in [1.165, 1.54) is 0 Å². The third-order valence-electron chi connectivity index (χ3n) is 3.19. The summed E-state index contributed by atoms with van der Waals surface area (Å²) in [5.41, 5.74) is 1.97. The van der Waals surface area contributed by atoms with Crippen LogP contribution in [0.1, 0.15) is 16.1 Å². The van der Waals surface area contributed by atoms with Crippen LogP contribution >= 0.6 is 11.6 Å². The zero-order valence-corrected chi connectivity index (χ0v) is 13.4. The van der Waals surface area contributed by atoms with Crippen LogP contribution in [-0.2, 0) is 6.54 Å². The Hall–Kier alpha value is -2.99. The van der Waals surface area contributed by atoms with E-state index in [1.807, 2.05) is 12.1 Å². The second kappa shape index (κ2) is 7.52. The molecule has 2 N–H and O–H groups in total. The Morgan fingerprint density at radius 1 is 1.00 bits per heavy atom. The topological polar surface area (TPSA) is 79.8 Å². The molecule has 6 nitrogen and oxygen atoms in total. The van der Waals surface area contributed by atoms with E-state index in [0.717, 1.165) is 5.56 Å². The summed E-state index contributed by atoms with van der Waals surface area (Å²) in [6, 6.07) is 12.2. The molecule has 7 heteroatoms. The van der Waals surface area contributed by atoms with Gasteiger partial charge in [0.1, 0.15) is 5.69 Å². The van der Waals surface area contributed by atoms with Gasteiger partial charge in [-0.2, -0.15) is 0 Å². The number of anilines is 2. The number of benzene rings is 1. The van der Waals surface area contributed by atoms with E-state index in [2.05, 4.69) is 25.6 Å². The van der Waals surface area contributed by atoms with Crippen molar-refractivity contribution in [2.75, 3.05) is 10.6 Å². The lowest BCUT2D eigenvalue weighted by molar-refractivity contribution is 0.102. The standard InChI is InChI=1S/C17H14ClN5O/c18-13-1-3-14(4-2-13)22-16(24)15-7-10-20-17(23-15)21-11-12-5-8-19-9-6-12/h1-10H,11H2,(H,22,24)(H,20,21,23). The first-order chi connectivity index (χ1) is 11.7. The van der Waals surface area contributed by atoms with E-state index in [1.54, 1.807) is 48.9 Å². The lowest BCUT2D eigenvalue weighted by atomic mass is 10.3. The van der Waals surface area contributed by atoms with Crippen LogP contribution in [0.25, 0.3) is 0 Å². The molecule has 2 heterocycles. The number of amides is 1. The van der Waals surface area contributed by atoms with Gasteiger partial charge in [0.25, 0.3) is 5.91 Å². The molecular weight excluding hydrogens is 326 g/mol. The second-order valence-corrected chi connectivity index (χ2v) is 5.37. The molecule has 1 aromatic carbocycles. The molecule has 1 amide bonds. The maximum atomic E-state index is 12.3. The summed E-state index contributed by atoms with van der Waals surface area (Å²) < 4.78 is 0. The number of carbonyl (C=O) groups excluding carboxylic acids is 1. The molecule has 3 aromatic rings. The summed E-state index contributed by atoms with van der Waals surface area (Å²) >= 11 is 5.83. The predicted molar refractivity (Wildman–Crippen MR) is 93.0 cm³/mol. The molecule has 0 radical (unpaired) electrons. The van der Waals surface area contributed by atoms with Gasteiger partial charge < -0.3 is 10.6 Å². The third-order valence-corrected chi connectivity index (χ3v) is 3.44. The van der Waals surface area contributed by atoms with Crippen LogP contribution in [0.3, 0.4) is 0 Å². The minimum atomic E-state index is -0.313. The molecule has 0 bridgehead atoms. The number of halogens is 1. The van der Waals surface area contributed by atoms with E-state index in [-0.39, 0.29) is 11.6 Å². The van der Waals surface area contributed by atoms with Gasteiger partial charge in [-0.1, -0.05) is 11.6 Å². The number of nitrogens with zero attached hydrogens (tertiary/aromatic N) is 3. The minimum absolute atomic E-state index is 0.275. The SMILES string of the molecule is O=C(Nc1ccc(Cl)cc1)c1ccnc(NCc2ccncc2)n1. The summed E-state index contributed by atoms with van der Waals surface area (Å²) in [5.74, 6) is 0.0715. The molecule has 0 atom stereocenters. The zero-order valence-electron chi connectivity index (χ0n) is 12.6. The first-order valence-electron chi connectivity index (χ1n) is 7.23. The average Bonchev–Trinajstić information content (AvgIpc) is 2.63. The number of nitrogens with one attached hydrogen (secondary N) is 2. The molecule has 0 saturated heterocycles. The smallest absolute Gasteiger partial charge is 0.274 e. The number of aromatic nitrogens is 3. The lowest BCUT2D eigenvalue weighted by Crippen LogP contribution is -2.15. The largest absolute Gasteiger partial charge is 0.350 e. The normalized spacial score (nSPS) is 10.2. The van der Waals surface area contributed by atoms with Crippen molar-refractivity contribution < 1.29 is 4.79 Å². The van der Waals surface area contributed by atoms with Crippen molar-refractivity contribution in [3.05, 3.63) is 77.3 Å². The van der Waals surface area contributed by atoms with Gasteiger partial charge in [-0.25, -0.2) is 9.97 Å². The fraction of sp³-hybridized carbons (Fsp3) is 0.0588. The van der Waals surface area contributed by atoms with Gasteiger partial charge in [0, 0.05) is 35.8 Å². The van der Waals surface area contributed by atoms with E-state index >= 15 is 0 Å². The Balaban J connectivity index is 1.65. The van der Waals surface area contributed by atoms with E-state index in [9.17, 15) is 4.79 Å². The number of hydrogen-bond donors (Lipinski definition) is 2. The van der Waals surface area contributed by atoms with E-state index in [0.29, 0.717) is 23.2 Å². The Bertz CT molecular complexity index is 824. The van der Waals surface area contributed by atoms with Crippen LogP contribution in [-0.4, -0.2) is 20.9 Å². The van der Waals surface area contributed by atoms with Gasteiger partial charge >= 0.3 is 0 Å². The molecule has 120 valence electrons. The lowest BCUT2D eigenvalue weighted by Gasteiger charge is -2.07. The van der Waals surface area contributed by atoms with Crippen LogP contribution < -0.4 is 10.6 Å². The summed E-state index contributed by atoms with van der Waals surface area (Å²) in [5, 5.41) is 6.45. The number of rotatable bonds is 5. The summed E-state index contributed by atoms with van der Waals surface area (Å²) in [6.07, 6.45) is 4.97. The van der Waals surface area contributed by atoms with Gasteiger partial charge in [0.2, 0.25) is 5.95 Å². The molecule has 0 aliphatic heterocycles. The second-order valence-electron chi connectivity index (χ2n) is 4.94. The zero-order chi connectivity index (χ0) is 16.8. The van der Waals surface area contributed by atoms with Gasteiger partial charge in [-0.3, -0.25) is 9.78 Å². The van der Waals surface area contributed by atoms with Crippen LogP contribution in [0, 0.1) is 0 Å². The molecule has 24 heavy (non-hydrogen) atoms. The first kappa shape index (κ1) is 15.9. The first-order valence-corrected chi connectivity index (χ1v) is 7.61. The highest BCUT2D eigenvalue weighted by atomic mass is 35.5. The average molecular weight is 340 g/mol. The van der Waals surface area contributed by atoms with E-state index in [4.69, 9.17) is 11.6 Å². The fourth-order valence-corrected chi connectivity index (χ4v) is 2.11. The van der Waals surface area contributed by atoms with Crippen molar-refractivity contribution in [2.45, 2.75) is 6.54 Å². The number of pyridine rings is 1. The molecular formula is C17H14ClN5O. The van der Waals surface area contributed by atoms with Gasteiger partial charge in [-0.05, 0) is 48.0 Å². The fourth-order valence-electron chi connectivity index (χ4n) is 1.98. The maximum Gasteiger partial charge on any atom is 0.274 e. The van der Waals surface area contributed by atoms with Crippen molar-refractivity contribution in [1.29, 1.82) is 0 Å². The monoisotopic (exact) mass is 339 g/mol. The summed E-state index contributed by atoms with van der Waals surface area (Å²) in [6.45, 7) is 0.546. The molecule has 0 aliphatic rings. The van der Waals surface area contributed by atoms with Gasteiger partial charge in [-0.15, -0.1) is 0 Å². The van der Waals surface area contributed by atoms with Crippen molar-refractivity contribution in [3.8, 4) is 0 Å². The minimum Gasteiger partial charge on any atom is -0.350 e. The highest BCUT2D eigenvalue weighted by Crippen LogP contribution is 2.14. The van der Waals surface area contributed by atoms with E-state index < -0.39 is 0 Å². The van der Waals surface area contributed by atoms with Crippen molar-refractivity contribution in [3.63, 3.8) is 0 Å². The molecule has 0 fully saturated rings. The van der Waals surface area contributed by atoms with Crippen LogP contribution in [0.2, 0.25) is 5.02 Å². The summed E-state index contributed by atoms with van der Waals surface area (Å²) in [4.78, 5) is 24.6. The van der Waals surface area contributed by atoms with Gasteiger partial charge in [0.05, 0.1) is 0 Å². The highest BCUT2D eigenvalue weighted by Gasteiger charge is 2.09. The Morgan fingerprint density at radius 3 is 2.50 bits per heavy atom. The molecule has 0 spiro atoms. The van der Waals surface area contributed by atoms with Crippen LogP contribution in [0.4, 0.5) is 11.6 Å². The molecule has 0 unspecified atom stereocenters. The third kappa shape index (κ3) is 4.27.